The number of ether oxygens (including phenoxy) is 1. The fourth-order valence-electron chi connectivity index (χ4n) is 3.96. The molecule has 3 aromatic carbocycles. The molecule has 216 valence electrons. The van der Waals surface area contributed by atoms with Crippen LogP contribution in [-0.4, -0.2) is 55.7 Å². The molecule has 0 aliphatic heterocycles. The molecule has 10 heteroatoms. The Morgan fingerprint density at radius 3 is 2.32 bits per heavy atom. The average molecular weight is 561 g/mol. The molecule has 0 aromatic heterocycles. The normalized spacial score (nSPS) is 10.5. The lowest BCUT2D eigenvalue weighted by molar-refractivity contribution is -0.136. The maximum atomic E-state index is 13.4. The molecular formula is C31H36N4O6. The molecule has 3 aromatic rings. The summed E-state index contributed by atoms with van der Waals surface area (Å²) in [5.41, 5.74) is 2.18. The minimum atomic E-state index is -0.976. The summed E-state index contributed by atoms with van der Waals surface area (Å²) in [5.74, 6) is -0.899. The van der Waals surface area contributed by atoms with E-state index in [1.165, 1.54) is 4.90 Å². The second-order valence-corrected chi connectivity index (χ2v) is 9.85. The zero-order valence-corrected chi connectivity index (χ0v) is 23.5. The summed E-state index contributed by atoms with van der Waals surface area (Å²) in [7, 11) is 1.67. The highest BCUT2D eigenvalue weighted by atomic mass is 16.5. The molecular weight excluding hydrogens is 524 g/mol. The summed E-state index contributed by atoms with van der Waals surface area (Å²) in [4.78, 5) is 52.7. The number of urea groups is 1. The van der Waals surface area contributed by atoms with Crippen LogP contribution in [0.5, 0.6) is 5.75 Å². The summed E-state index contributed by atoms with van der Waals surface area (Å²) in [6.45, 7) is 3.97. The lowest BCUT2D eigenvalue weighted by Crippen LogP contribution is -2.42. The van der Waals surface area contributed by atoms with E-state index in [1.54, 1.807) is 60.5 Å². The van der Waals surface area contributed by atoms with Crippen molar-refractivity contribution in [3.05, 3.63) is 84.4 Å². The van der Waals surface area contributed by atoms with E-state index in [-0.39, 0.29) is 31.4 Å². The molecule has 0 radical (unpaired) electrons. The van der Waals surface area contributed by atoms with Gasteiger partial charge in [-0.05, 0) is 54.3 Å². The van der Waals surface area contributed by atoms with Crippen molar-refractivity contribution in [2.45, 2.75) is 26.7 Å². The van der Waals surface area contributed by atoms with Crippen molar-refractivity contribution in [3.8, 4) is 5.75 Å². The first kappa shape index (κ1) is 30.7. The molecule has 3 rings (SSSR count). The van der Waals surface area contributed by atoms with E-state index in [1.807, 2.05) is 44.2 Å². The van der Waals surface area contributed by atoms with Gasteiger partial charge in [0.05, 0.1) is 18.7 Å². The molecule has 4 amide bonds. The number of rotatable bonds is 13. The maximum Gasteiger partial charge on any atom is 0.319 e. The van der Waals surface area contributed by atoms with Crippen LogP contribution in [0, 0.1) is 5.92 Å². The fourth-order valence-corrected chi connectivity index (χ4v) is 3.96. The van der Waals surface area contributed by atoms with Crippen LogP contribution in [0.25, 0.3) is 0 Å². The highest BCUT2D eigenvalue weighted by Crippen LogP contribution is 2.29. The van der Waals surface area contributed by atoms with E-state index in [4.69, 9.17) is 9.84 Å². The van der Waals surface area contributed by atoms with Gasteiger partial charge >= 0.3 is 12.0 Å². The monoisotopic (exact) mass is 560 g/mol. The number of hydrogen-bond acceptors (Lipinski definition) is 5. The summed E-state index contributed by atoms with van der Waals surface area (Å²) in [6.07, 6.45) is 0.536. The van der Waals surface area contributed by atoms with Crippen LogP contribution in [0.4, 0.5) is 21.9 Å². The Balaban J connectivity index is 1.67. The lowest BCUT2D eigenvalue weighted by Gasteiger charge is -2.26. The number of aliphatic carboxylic acids is 1. The number of carbonyl (C=O) groups is 4. The lowest BCUT2D eigenvalue weighted by atomic mass is 10.1. The van der Waals surface area contributed by atoms with Gasteiger partial charge in [-0.2, -0.15) is 0 Å². The number of benzene rings is 3. The Hall–Kier alpha value is -4.86. The Bertz CT molecular complexity index is 1350. The number of amides is 4. The zero-order valence-electron chi connectivity index (χ0n) is 23.5. The minimum Gasteiger partial charge on any atom is -0.482 e. The van der Waals surface area contributed by atoms with Gasteiger partial charge in [0.15, 0.2) is 6.61 Å². The van der Waals surface area contributed by atoms with E-state index in [0.29, 0.717) is 41.6 Å². The van der Waals surface area contributed by atoms with Gasteiger partial charge in [-0.25, -0.2) is 4.79 Å². The summed E-state index contributed by atoms with van der Waals surface area (Å²) in [6, 6.07) is 22.1. The number of carbonyl (C=O) groups excluding carboxylic acids is 3. The van der Waals surface area contributed by atoms with Gasteiger partial charge in [-0.3, -0.25) is 14.4 Å². The molecule has 0 aliphatic carbocycles. The van der Waals surface area contributed by atoms with E-state index >= 15 is 0 Å². The molecule has 41 heavy (non-hydrogen) atoms. The number of anilines is 3. The smallest absolute Gasteiger partial charge is 0.319 e. The summed E-state index contributed by atoms with van der Waals surface area (Å²) >= 11 is 0. The minimum absolute atomic E-state index is 0.171. The van der Waals surface area contributed by atoms with Crippen LogP contribution in [0.3, 0.4) is 0 Å². The molecule has 0 saturated carbocycles. The van der Waals surface area contributed by atoms with Crippen molar-refractivity contribution < 1.29 is 29.0 Å². The molecule has 0 atom stereocenters. The van der Waals surface area contributed by atoms with Gasteiger partial charge in [0, 0.05) is 25.0 Å². The van der Waals surface area contributed by atoms with Crippen LogP contribution in [-0.2, 0) is 20.8 Å². The first-order valence-electron chi connectivity index (χ1n) is 13.3. The van der Waals surface area contributed by atoms with Crippen molar-refractivity contribution in [2.75, 3.05) is 41.9 Å². The van der Waals surface area contributed by atoms with Crippen molar-refractivity contribution in [1.82, 2.24) is 5.32 Å². The van der Waals surface area contributed by atoms with Gasteiger partial charge in [-0.1, -0.05) is 56.3 Å². The topological polar surface area (TPSA) is 128 Å². The number of carboxylic acids is 1. The Morgan fingerprint density at radius 1 is 0.902 bits per heavy atom. The van der Waals surface area contributed by atoms with E-state index in [2.05, 4.69) is 10.6 Å². The average Bonchev–Trinajstić information content (AvgIpc) is 2.95. The quantitative estimate of drug-likeness (QED) is 0.281. The van der Waals surface area contributed by atoms with Crippen LogP contribution in [0.2, 0.25) is 0 Å². The fraction of sp³-hybridized carbons (Fsp3) is 0.290. The van der Waals surface area contributed by atoms with Crippen LogP contribution < -0.4 is 25.2 Å². The highest BCUT2D eigenvalue weighted by Gasteiger charge is 2.21. The van der Waals surface area contributed by atoms with Gasteiger partial charge in [0.2, 0.25) is 5.91 Å². The predicted molar refractivity (Wildman–Crippen MR) is 158 cm³/mol. The molecule has 0 bridgehead atoms. The van der Waals surface area contributed by atoms with Crippen LogP contribution in [0.15, 0.2) is 78.9 Å². The first-order chi connectivity index (χ1) is 19.6. The van der Waals surface area contributed by atoms with Crippen LogP contribution in [0.1, 0.15) is 25.8 Å². The van der Waals surface area contributed by atoms with Gasteiger partial charge in [0.25, 0.3) is 5.91 Å². The largest absolute Gasteiger partial charge is 0.482 e. The summed E-state index contributed by atoms with van der Waals surface area (Å²) < 4.78 is 5.90. The number of hydrogen-bond donors (Lipinski definition) is 3. The van der Waals surface area contributed by atoms with Crippen LogP contribution >= 0.6 is 0 Å². The predicted octanol–water partition coefficient (Wildman–Crippen LogP) is 4.56. The second kappa shape index (κ2) is 15.1. The number of para-hydroxylation sites is 3. The third kappa shape index (κ3) is 9.68. The molecule has 10 nitrogen and oxygen atoms in total. The standard InChI is InChI=1S/C31H36N4O6/c1-22(2)16-17-35(28(36)20-32-31(40)33-24-11-9-10-23(18-24)19-30(38)39)26-14-7-8-15-27(26)41-21-29(37)34(3)25-12-5-4-6-13-25/h4-15,18,22H,16-17,19-21H2,1-3H3,(H,38,39)(H2,32,33,40). The Labute approximate surface area is 239 Å². The van der Waals surface area contributed by atoms with Gasteiger partial charge < -0.3 is 30.3 Å². The van der Waals surface area contributed by atoms with E-state index in [0.717, 1.165) is 5.69 Å². The molecule has 0 aliphatic rings. The number of carboxylic acid groups (broad SMARTS) is 1. The van der Waals surface area contributed by atoms with Gasteiger partial charge in [0.1, 0.15) is 5.75 Å². The maximum absolute atomic E-state index is 13.4. The first-order valence-corrected chi connectivity index (χ1v) is 13.3. The molecule has 0 spiro atoms. The zero-order chi connectivity index (χ0) is 29.8. The Kier molecular flexibility index (Phi) is 11.3. The second-order valence-electron chi connectivity index (χ2n) is 9.85. The molecule has 0 heterocycles. The van der Waals surface area contributed by atoms with Crippen molar-refractivity contribution in [1.29, 1.82) is 0 Å². The van der Waals surface area contributed by atoms with Crippen molar-refractivity contribution in [3.63, 3.8) is 0 Å². The molecule has 0 fully saturated rings. The third-order valence-electron chi connectivity index (χ3n) is 6.20. The number of likely N-dealkylation sites (N-methyl/N-ethyl adjacent to an activating group) is 1. The van der Waals surface area contributed by atoms with Crippen molar-refractivity contribution in [2.24, 2.45) is 5.92 Å². The van der Waals surface area contributed by atoms with Gasteiger partial charge in [-0.15, -0.1) is 0 Å². The molecule has 3 N–H and O–H groups in total. The third-order valence-corrected chi connectivity index (χ3v) is 6.20. The summed E-state index contributed by atoms with van der Waals surface area (Å²) in [5, 5.41) is 14.2. The number of nitrogens with zero attached hydrogens (tertiary/aromatic N) is 2. The van der Waals surface area contributed by atoms with Crippen molar-refractivity contribution >= 4 is 40.9 Å². The number of nitrogens with one attached hydrogen (secondary N) is 2. The molecule has 0 saturated heterocycles. The Morgan fingerprint density at radius 2 is 1.61 bits per heavy atom. The highest BCUT2D eigenvalue weighted by molar-refractivity contribution is 5.99. The van der Waals surface area contributed by atoms with E-state index < -0.39 is 12.0 Å². The SMILES string of the molecule is CC(C)CCN(C(=O)CNC(=O)Nc1cccc(CC(=O)O)c1)c1ccccc1OCC(=O)N(C)c1ccccc1. The molecule has 0 unspecified atom stereocenters. The van der Waals surface area contributed by atoms with E-state index in [9.17, 15) is 19.2 Å².